The summed E-state index contributed by atoms with van der Waals surface area (Å²) in [6.45, 7) is 0.724. The summed E-state index contributed by atoms with van der Waals surface area (Å²) < 4.78 is 0. The van der Waals surface area contributed by atoms with Crippen LogP contribution in [0.25, 0.3) is 11.0 Å². The molecular formula is C15H17N5O2. The molecule has 0 unspecified atom stereocenters. The fourth-order valence-electron chi connectivity index (χ4n) is 3.30. The quantitative estimate of drug-likeness (QED) is 0.842. The van der Waals surface area contributed by atoms with Gasteiger partial charge in [-0.25, -0.2) is 4.98 Å². The highest BCUT2D eigenvalue weighted by Gasteiger charge is 2.44. The second kappa shape index (κ2) is 4.72. The predicted octanol–water partition coefficient (Wildman–Crippen LogP) is 0.416. The SMILES string of the molecule is CN1CC(=O)N2C[C@@H](Nc3ccc4cc[nH]c4n3)C[C@H]2C1=O. The number of likely N-dealkylation sites (N-methyl/N-ethyl adjacent to an activating group) is 1. The molecule has 2 saturated heterocycles. The van der Waals surface area contributed by atoms with Crippen LogP contribution < -0.4 is 5.32 Å². The van der Waals surface area contributed by atoms with Crippen LogP contribution in [0.3, 0.4) is 0 Å². The van der Waals surface area contributed by atoms with Crippen LogP contribution in [0.5, 0.6) is 0 Å². The van der Waals surface area contributed by atoms with Crippen molar-refractivity contribution in [2.24, 2.45) is 0 Å². The minimum Gasteiger partial charge on any atom is -0.365 e. The molecule has 2 aliphatic rings. The molecule has 22 heavy (non-hydrogen) atoms. The number of nitrogens with one attached hydrogen (secondary N) is 2. The largest absolute Gasteiger partial charge is 0.365 e. The first-order valence-corrected chi connectivity index (χ1v) is 7.37. The minimum atomic E-state index is -0.335. The van der Waals surface area contributed by atoms with E-state index >= 15 is 0 Å². The van der Waals surface area contributed by atoms with E-state index in [1.165, 1.54) is 4.90 Å². The van der Waals surface area contributed by atoms with E-state index in [1.54, 1.807) is 11.9 Å². The van der Waals surface area contributed by atoms with Crippen molar-refractivity contribution in [3.63, 3.8) is 0 Å². The van der Waals surface area contributed by atoms with Crippen molar-refractivity contribution in [2.75, 3.05) is 25.5 Å². The molecule has 0 aliphatic carbocycles. The number of pyridine rings is 1. The molecule has 4 heterocycles. The van der Waals surface area contributed by atoms with Gasteiger partial charge >= 0.3 is 0 Å². The molecule has 2 atom stereocenters. The number of piperazine rings is 1. The topological polar surface area (TPSA) is 81.3 Å². The number of H-pyrrole nitrogens is 1. The molecule has 114 valence electrons. The zero-order chi connectivity index (χ0) is 15.3. The van der Waals surface area contributed by atoms with E-state index in [2.05, 4.69) is 15.3 Å². The van der Waals surface area contributed by atoms with E-state index in [1.807, 2.05) is 24.4 Å². The standard InChI is InChI=1S/C15H17N5O2/c1-19-8-13(21)20-7-10(6-11(20)15(19)22)17-12-3-2-9-4-5-16-14(9)18-12/h2-5,10-11H,6-8H2,1H3,(H2,16,17,18)/t10-,11-/m0/s1. The molecule has 2 amide bonds. The van der Waals surface area contributed by atoms with E-state index in [0.29, 0.717) is 13.0 Å². The highest BCUT2D eigenvalue weighted by Crippen LogP contribution is 2.25. The Kier molecular flexibility index (Phi) is 2.82. The number of anilines is 1. The summed E-state index contributed by atoms with van der Waals surface area (Å²) >= 11 is 0. The Labute approximate surface area is 127 Å². The van der Waals surface area contributed by atoms with Crippen LogP contribution >= 0.6 is 0 Å². The highest BCUT2D eigenvalue weighted by atomic mass is 16.2. The zero-order valence-electron chi connectivity index (χ0n) is 12.2. The zero-order valence-corrected chi connectivity index (χ0v) is 12.2. The molecule has 0 radical (unpaired) electrons. The van der Waals surface area contributed by atoms with Gasteiger partial charge in [-0.2, -0.15) is 0 Å². The van der Waals surface area contributed by atoms with Crippen LogP contribution in [0.2, 0.25) is 0 Å². The van der Waals surface area contributed by atoms with Gasteiger partial charge in [0.15, 0.2) is 0 Å². The number of hydrogen-bond donors (Lipinski definition) is 2. The van der Waals surface area contributed by atoms with Gasteiger partial charge in [0.05, 0.1) is 6.54 Å². The van der Waals surface area contributed by atoms with Crippen LogP contribution in [-0.2, 0) is 9.59 Å². The predicted molar refractivity (Wildman–Crippen MR) is 81.3 cm³/mol. The molecule has 0 spiro atoms. The number of aromatic nitrogens is 2. The van der Waals surface area contributed by atoms with Gasteiger partial charge in [-0.1, -0.05) is 0 Å². The number of amides is 2. The minimum absolute atomic E-state index is 0.0178. The number of aromatic amines is 1. The first-order chi connectivity index (χ1) is 10.6. The molecule has 0 bridgehead atoms. The van der Waals surface area contributed by atoms with Gasteiger partial charge in [-0.05, 0) is 24.6 Å². The van der Waals surface area contributed by atoms with Gasteiger partial charge in [0.2, 0.25) is 11.8 Å². The summed E-state index contributed by atoms with van der Waals surface area (Å²) in [4.78, 5) is 35.0. The van der Waals surface area contributed by atoms with Crippen LogP contribution in [-0.4, -0.2) is 63.8 Å². The maximum absolute atomic E-state index is 12.2. The van der Waals surface area contributed by atoms with Crippen molar-refractivity contribution in [1.82, 2.24) is 19.8 Å². The summed E-state index contributed by atoms with van der Waals surface area (Å²) in [6.07, 6.45) is 2.48. The third kappa shape index (κ3) is 2.01. The lowest BCUT2D eigenvalue weighted by Gasteiger charge is -2.33. The number of nitrogens with zero attached hydrogens (tertiary/aromatic N) is 3. The number of carbonyl (C=O) groups excluding carboxylic acids is 2. The van der Waals surface area contributed by atoms with Crippen molar-refractivity contribution in [1.29, 1.82) is 0 Å². The van der Waals surface area contributed by atoms with Gasteiger partial charge < -0.3 is 20.1 Å². The Morgan fingerprint density at radius 3 is 3.05 bits per heavy atom. The molecular weight excluding hydrogens is 282 g/mol. The molecule has 2 aliphatic heterocycles. The van der Waals surface area contributed by atoms with Gasteiger partial charge in [0, 0.05) is 31.2 Å². The Morgan fingerprint density at radius 2 is 2.18 bits per heavy atom. The summed E-state index contributed by atoms with van der Waals surface area (Å²) in [7, 11) is 1.68. The molecule has 2 aromatic heterocycles. The normalized spacial score (nSPS) is 25.0. The lowest BCUT2D eigenvalue weighted by atomic mass is 10.1. The first-order valence-electron chi connectivity index (χ1n) is 7.37. The Morgan fingerprint density at radius 1 is 1.32 bits per heavy atom. The molecule has 0 saturated carbocycles. The number of fused-ring (bicyclic) bond motifs is 2. The fraction of sp³-hybridized carbons (Fsp3) is 0.400. The van der Waals surface area contributed by atoms with Crippen molar-refractivity contribution >= 4 is 28.7 Å². The fourth-order valence-corrected chi connectivity index (χ4v) is 3.30. The molecule has 7 nitrogen and oxygen atoms in total. The lowest BCUT2D eigenvalue weighted by Crippen LogP contribution is -2.55. The number of hydrogen-bond acceptors (Lipinski definition) is 4. The average Bonchev–Trinajstić information content (AvgIpc) is 3.11. The highest BCUT2D eigenvalue weighted by molar-refractivity contribution is 5.95. The van der Waals surface area contributed by atoms with Crippen molar-refractivity contribution in [3.05, 3.63) is 24.4 Å². The second-order valence-corrected chi connectivity index (χ2v) is 5.95. The molecule has 0 aromatic carbocycles. The lowest BCUT2D eigenvalue weighted by molar-refractivity contribution is -0.152. The van der Waals surface area contributed by atoms with Gasteiger partial charge in [0.25, 0.3) is 0 Å². The summed E-state index contributed by atoms with van der Waals surface area (Å²) in [5, 5.41) is 4.40. The smallest absolute Gasteiger partial charge is 0.245 e. The van der Waals surface area contributed by atoms with Gasteiger partial charge in [0.1, 0.15) is 17.5 Å². The molecule has 7 heteroatoms. The summed E-state index contributed by atoms with van der Waals surface area (Å²) in [6, 6.07) is 5.59. The monoisotopic (exact) mass is 299 g/mol. The first kappa shape index (κ1) is 13.1. The maximum atomic E-state index is 12.2. The molecule has 4 rings (SSSR count). The molecule has 2 fully saturated rings. The second-order valence-electron chi connectivity index (χ2n) is 5.95. The number of carbonyl (C=O) groups is 2. The maximum Gasteiger partial charge on any atom is 0.245 e. The summed E-state index contributed by atoms with van der Waals surface area (Å²) in [5.41, 5.74) is 0.826. The van der Waals surface area contributed by atoms with Crippen LogP contribution in [0, 0.1) is 0 Å². The number of rotatable bonds is 2. The van der Waals surface area contributed by atoms with E-state index in [0.717, 1.165) is 16.9 Å². The molecule has 2 aromatic rings. The van der Waals surface area contributed by atoms with E-state index < -0.39 is 0 Å². The van der Waals surface area contributed by atoms with E-state index in [4.69, 9.17) is 0 Å². The van der Waals surface area contributed by atoms with Crippen molar-refractivity contribution in [2.45, 2.75) is 18.5 Å². The van der Waals surface area contributed by atoms with Crippen LogP contribution in [0.1, 0.15) is 6.42 Å². The Hall–Kier alpha value is -2.57. The Bertz CT molecular complexity index is 755. The van der Waals surface area contributed by atoms with Gasteiger partial charge in [-0.15, -0.1) is 0 Å². The average molecular weight is 299 g/mol. The van der Waals surface area contributed by atoms with Crippen molar-refractivity contribution < 1.29 is 9.59 Å². The Balaban J connectivity index is 1.52. The van der Waals surface area contributed by atoms with Crippen LogP contribution in [0.4, 0.5) is 5.82 Å². The van der Waals surface area contributed by atoms with Crippen LogP contribution in [0.15, 0.2) is 24.4 Å². The van der Waals surface area contributed by atoms with Gasteiger partial charge in [-0.3, -0.25) is 9.59 Å². The van der Waals surface area contributed by atoms with E-state index in [-0.39, 0.29) is 30.4 Å². The summed E-state index contributed by atoms with van der Waals surface area (Å²) in [5.74, 6) is 0.800. The van der Waals surface area contributed by atoms with Crippen molar-refractivity contribution in [3.8, 4) is 0 Å². The molecule has 2 N–H and O–H groups in total. The van der Waals surface area contributed by atoms with E-state index in [9.17, 15) is 9.59 Å². The third-order valence-corrected chi connectivity index (χ3v) is 4.42. The third-order valence-electron chi connectivity index (χ3n) is 4.42.